The lowest BCUT2D eigenvalue weighted by molar-refractivity contribution is 0.602. The predicted molar refractivity (Wildman–Crippen MR) is 65.4 cm³/mol. The topological polar surface area (TPSA) is 42.1 Å². The highest BCUT2D eigenvalue weighted by Crippen LogP contribution is 2.19. The smallest absolute Gasteiger partial charge is 0.167 e. The molecule has 0 unspecified atom stereocenters. The molecule has 0 aromatic carbocycles. The van der Waals surface area contributed by atoms with Crippen LogP contribution in [0.4, 0.5) is 10.2 Å². The molecule has 3 nitrogen and oxygen atoms in total. The number of nitrogens with two attached hydrogens (primary N) is 1. The van der Waals surface area contributed by atoms with Gasteiger partial charge in [-0.2, -0.15) is 0 Å². The number of aromatic nitrogens is 1. The van der Waals surface area contributed by atoms with Crippen LogP contribution < -0.4 is 10.6 Å². The van der Waals surface area contributed by atoms with Gasteiger partial charge in [-0.05, 0) is 25.5 Å². The van der Waals surface area contributed by atoms with E-state index >= 15 is 0 Å². The third-order valence-electron chi connectivity index (χ3n) is 2.21. The Bertz CT molecular complexity index is 333. The summed E-state index contributed by atoms with van der Waals surface area (Å²) in [6.07, 6.45) is 3.23. The molecule has 90 valence electrons. The van der Waals surface area contributed by atoms with E-state index in [0.29, 0.717) is 17.4 Å². The molecule has 0 aliphatic heterocycles. The molecule has 2 N–H and O–H groups in total. The second-order valence-electron chi connectivity index (χ2n) is 3.59. The van der Waals surface area contributed by atoms with E-state index in [4.69, 9.17) is 17.3 Å². The molecule has 1 aromatic rings. The number of pyridine rings is 1. The van der Waals surface area contributed by atoms with E-state index in [1.165, 1.54) is 12.3 Å². The standard InChI is InChI=1S/C11H17ClFN3/c1-2-5-16(6-3-4-14)11-10(13)7-9(12)8-15-11/h7-8H,2-6,14H2,1H3. The van der Waals surface area contributed by atoms with Crippen molar-refractivity contribution >= 4 is 17.4 Å². The van der Waals surface area contributed by atoms with Crippen molar-refractivity contribution in [1.29, 1.82) is 0 Å². The van der Waals surface area contributed by atoms with Crippen molar-refractivity contribution in [3.63, 3.8) is 0 Å². The summed E-state index contributed by atoms with van der Waals surface area (Å²) in [6, 6.07) is 1.29. The molecule has 16 heavy (non-hydrogen) atoms. The molecule has 0 fully saturated rings. The molecule has 0 aliphatic carbocycles. The van der Waals surface area contributed by atoms with Crippen LogP contribution in [-0.4, -0.2) is 24.6 Å². The zero-order valence-electron chi connectivity index (χ0n) is 9.42. The van der Waals surface area contributed by atoms with E-state index in [0.717, 1.165) is 25.9 Å². The van der Waals surface area contributed by atoms with Crippen LogP contribution in [0.3, 0.4) is 0 Å². The number of halogens is 2. The van der Waals surface area contributed by atoms with Gasteiger partial charge < -0.3 is 10.6 Å². The van der Waals surface area contributed by atoms with E-state index < -0.39 is 0 Å². The van der Waals surface area contributed by atoms with Crippen molar-refractivity contribution in [3.8, 4) is 0 Å². The molecular weight excluding hydrogens is 229 g/mol. The lowest BCUT2D eigenvalue weighted by atomic mass is 10.3. The number of anilines is 1. The van der Waals surface area contributed by atoms with Crippen molar-refractivity contribution in [2.45, 2.75) is 19.8 Å². The van der Waals surface area contributed by atoms with Crippen LogP contribution in [0.1, 0.15) is 19.8 Å². The minimum atomic E-state index is -0.377. The highest BCUT2D eigenvalue weighted by Gasteiger charge is 2.12. The van der Waals surface area contributed by atoms with Gasteiger partial charge >= 0.3 is 0 Å². The van der Waals surface area contributed by atoms with Crippen LogP contribution in [0.15, 0.2) is 12.3 Å². The molecule has 1 rings (SSSR count). The summed E-state index contributed by atoms with van der Waals surface area (Å²) in [5.74, 6) is -0.0160. The van der Waals surface area contributed by atoms with Gasteiger partial charge in [-0.15, -0.1) is 0 Å². The quantitative estimate of drug-likeness (QED) is 0.837. The maximum Gasteiger partial charge on any atom is 0.167 e. The maximum atomic E-state index is 13.6. The molecule has 0 amide bonds. The van der Waals surface area contributed by atoms with E-state index in [1.807, 2.05) is 11.8 Å². The van der Waals surface area contributed by atoms with Gasteiger partial charge in [-0.1, -0.05) is 18.5 Å². The second-order valence-corrected chi connectivity index (χ2v) is 4.02. The second kappa shape index (κ2) is 6.66. The Labute approximate surface area is 100 Å². The monoisotopic (exact) mass is 245 g/mol. The van der Waals surface area contributed by atoms with E-state index in [-0.39, 0.29) is 5.82 Å². The van der Waals surface area contributed by atoms with E-state index in [2.05, 4.69) is 4.98 Å². The Morgan fingerprint density at radius 3 is 2.81 bits per heavy atom. The molecule has 0 saturated heterocycles. The molecule has 1 aromatic heterocycles. The normalized spacial score (nSPS) is 10.5. The molecule has 0 bridgehead atoms. The molecule has 0 spiro atoms. The van der Waals surface area contributed by atoms with Crippen LogP contribution in [0.25, 0.3) is 0 Å². The van der Waals surface area contributed by atoms with Gasteiger partial charge in [0.1, 0.15) is 0 Å². The summed E-state index contributed by atoms with van der Waals surface area (Å²) in [5, 5.41) is 0.316. The van der Waals surface area contributed by atoms with Crippen LogP contribution >= 0.6 is 11.6 Å². The Hall–Kier alpha value is -0.870. The maximum absolute atomic E-state index is 13.6. The minimum absolute atomic E-state index is 0.316. The van der Waals surface area contributed by atoms with Gasteiger partial charge in [0.2, 0.25) is 0 Å². The molecule has 1 heterocycles. The summed E-state index contributed by atoms with van der Waals surface area (Å²) < 4.78 is 13.6. The van der Waals surface area contributed by atoms with Crippen LogP contribution in [0.5, 0.6) is 0 Å². The Kier molecular flexibility index (Phi) is 5.49. The SMILES string of the molecule is CCCN(CCCN)c1ncc(Cl)cc1F. The highest BCUT2D eigenvalue weighted by atomic mass is 35.5. The number of hydrogen-bond donors (Lipinski definition) is 1. The average Bonchev–Trinajstić information content (AvgIpc) is 2.25. The fraction of sp³-hybridized carbons (Fsp3) is 0.545. The van der Waals surface area contributed by atoms with Crippen LogP contribution in [0.2, 0.25) is 5.02 Å². The first-order valence-electron chi connectivity index (χ1n) is 5.45. The Morgan fingerprint density at radius 1 is 1.50 bits per heavy atom. The van der Waals surface area contributed by atoms with E-state index in [9.17, 15) is 4.39 Å². The molecule has 0 aliphatic rings. The first-order valence-corrected chi connectivity index (χ1v) is 5.83. The van der Waals surface area contributed by atoms with Crippen molar-refractivity contribution < 1.29 is 4.39 Å². The van der Waals surface area contributed by atoms with Gasteiger partial charge in [0.25, 0.3) is 0 Å². The number of hydrogen-bond acceptors (Lipinski definition) is 3. The lowest BCUT2D eigenvalue weighted by Crippen LogP contribution is -2.28. The van der Waals surface area contributed by atoms with Crippen molar-refractivity contribution in [2.24, 2.45) is 5.73 Å². The first kappa shape index (κ1) is 13.2. The van der Waals surface area contributed by atoms with Gasteiger partial charge in [0, 0.05) is 19.3 Å². The van der Waals surface area contributed by atoms with Crippen molar-refractivity contribution in [1.82, 2.24) is 4.98 Å². The summed E-state index contributed by atoms with van der Waals surface area (Å²) in [5.41, 5.74) is 5.45. The molecule has 0 saturated carbocycles. The summed E-state index contributed by atoms with van der Waals surface area (Å²) in [7, 11) is 0. The van der Waals surface area contributed by atoms with E-state index in [1.54, 1.807) is 0 Å². The van der Waals surface area contributed by atoms with Gasteiger partial charge in [0.05, 0.1) is 5.02 Å². The third-order valence-corrected chi connectivity index (χ3v) is 2.42. The largest absolute Gasteiger partial charge is 0.354 e. The summed E-state index contributed by atoms with van der Waals surface area (Å²) in [6.45, 7) is 4.13. The predicted octanol–water partition coefficient (Wildman–Crippen LogP) is 2.44. The van der Waals surface area contributed by atoms with Crippen molar-refractivity contribution in [3.05, 3.63) is 23.1 Å². The fourth-order valence-corrected chi connectivity index (χ4v) is 1.66. The average molecular weight is 246 g/mol. The van der Waals surface area contributed by atoms with Crippen LogP contribution in [0, 0.1) is 5.82 Å². The first-order chi connectivity index (χ1) is 7.69. The molecule has 0 radical (unpaired) electrons. The lowest BCUT2D eigenvalue weighted by Gasteiger charge is -2.23. The summed E-state index contributed by atoms with van der Waals surface area (Å²) >= 11 is 5.66. The third kappa shape index (κ3) is 3.61. The Balaban J connectivity index is 2.82. The minimum Gasteiger partial charge on any atom is -0.354 e. The highest BCUT2D eigenvalue weighted by molar-refractivity contribution is 6.30. The fourth-order valence-electron chi connectivity index (χ4n) is 1.52. The number of nitrogens with zero attached hydrogens (tertiary/aromatic N) is 2. The van der Waals surface area contributed by atoms with Crippen LogP contribution in [-0.2, 0) is 0 Å². The number of rotatable bonds is 6. The molecule has 0 atom stereocenters. The zero-order chi connectivity index (χ0) is 12.0. The summed E-state index contributed by atoms with van der Waals surface area (Å²) in [4.78, 5) is 5.93. The molecular formula is C11H17ClFN3. The molecule has 5 heteroatoms. The Morgan fingerprint density at radius 2 is 2.25 bits per heavy atom. The van der Waals surface area contributed by atoms with Gasteiger partial charge in [-0.25, -0.2) is 9.37 Å². The van der Waals surface area contributed by atoms with Crippen molar-refractivity contribution in [2.75, 3.05) is 24.5 Å². The zero-order valence-corrected chi connectivity index (χ0v) is 10.2. The van der Waals surface area contributed by atoms with Gasteiger partial charge in [-0.3, -0.25) is 0 Å². The van der Waals surface area contributed by atoms with Gasteiger partial charge in [0.15, 0.2) is 11.6 Å².